The van der Waals surface area contributed by atoms with Crippen molar-refractivity contribution in [1.82, 2.24) is 20.1 Å². The Labute approximate surface area is 140 Å². The minimum absolute atomic E-state index is 0.168. The minimum Gasteiger partial charge on any atom is -0.312 e. The maximum atomic E-state index is 12.8. The van der Waals surface area contributed by atoms with Gasteiger partial charge >= 0.3 is 6.03 Å². The Balaban J connectivity index is 1.83. The molecule has 0 bridgehead atoms. The van der Waals surface area contributed by atoms with E-state index in [1.54, 1.807) is 23.5 Å². The van der Waals surface area contributed by atoms with Crippen LogP contribution in [0.1, 0.15) is 24.2 Å². The topological polar surface area (TPSA) is 73.9 Å². The molecule has 0 saturated carbocycles. The van der Waals surface area contributed by atoms with Crippen LogP contribution in [0.5, 0.6) is 0 Å². The molecule has 0 spiro atoms. The maximum Gasteiger partial charge on any atom is 0.322 e. The van der Waals surface area contributed by atoms with Crippen LogP contribution in [0.4, 0.5) is 10.5 Å². The van der Waals surface area contributed by atoms with Gasteiger partial charge < -0.3 is 10.2 Å². The third-order valence-corrected chi connectivity index (χ3v) is 3.79. The number of hydrogen-bond acceptors (Lipinski definition) is 3. The summed E-state index contributed by atoms with van der Waals surface area (Å²) in [6.07, 6.45) is 4.95. The van der Waals surface area contributed by atoms with Gasteiger partial charge in [-0.3, -0.25) is 10.1 Å². The standard InChI is InChI=1S/C18H19N5O/c1-14(17-9-5-6-10-19-17)23(13-15-7-3-2-4-8-15)18(24)22-16-11-20-21-12-16/h2-12,14H,13H2,1H3,(H,20,21)(H,22,24)/t14-/m1/s1. The summed E-state index contributed by atoms with van der Waals surface area (Å²) in [6.45, 7) is 2.46. The monoisotopic (exact) mass is 321 g/mol. The molecule has 1 aromatic carbocycles. The third kappa shape index (κ3) is 3.78. The number of anilines is 1. The van der Waals surface area contributed by atoms with Gasteiger partial charge in [0.1, 0.15) is 0 Å². The zero-order chi connectivity index (χ0) is 16.8. The number of rotatable bonds is 5. The number of nitrogens with zero attached hydrogens (tertiary/aromatic N) is 3. The number of H-pyrrole nitrogens is 1. The van der Waals surface area contributed by atoms with E-state index in [9.17, 15) is 4.79 Å². The first-order chi connectivity index (χ1) is 11.7. The molecule has 0 aliphatic rings. The van der Waals surface area contributed by atoms with Crippen molar-refractivity contribution in [2.75, 3.05) is 5.32 Å². The highest BCUT2D eigenvalue weighted by atomic mass is 16.2. The molecule has 0 radical (unpaired) electrons. The van der Waals surface area contributed by atoms with E-state index >= 15 is 0 Å². The van der Waals surface area contributed by atoms with Gasteiger partial charge in [0.15, 0.2) is 0 Å². The molecule has 0 saturated heterocycles. The number of hydrogen-bond donors (Lipinski definition) is 2. The summed E-state index contributed by atoms with van der Waals surface area (Å²) in [6, 6.07) is 15.2. The molecule has 0 aliphatic heterocycles. The van der Waals surface area contributed by atoms with Crippen LogP contribution in [-0.2, 0) is 6.54 Å². The van der Waals surface area contributed by atoms with Crippen LogP contribution < -0.4 is 5.32 Å². The third-order valence-electron chi connectivity index (χ3n) is 3.79. The second kappa shape index (κ2) is 7.41. The highest BCUT2D eigenvalue weighted by molar-refractivity contribution is 5.89. The summed E-state index contributed by atoms with van der Waals surface area (Å²) in [5, 5.41) is 9.40. The highest BCUT2D eigenvalue weighted by Gasteiger charge is 2.23. The number of pyridine rings is 1. The average molecular weight is 321 g/mol. The molecule has 3 rings (SSSR count). The molecule has 0 fully saturated rings. The van der Waals surface area contributed by atoms with Crippen molar-refractivity contribution in [3.8, 4) is 0 Å². The predicted molar refractivity (Wildman–Crippen MR) is 92.2 cm³/mol. The Morgan fingerprint density at radius 1 is 1.21 bits per heavy atom. The molecular formula is C18H19N5O. The van der Waals surface area contributed by atoms with Crippen molar-refractivity contribution in [1.29, 1.82) is 0 Å². The number of urea groups is 1. The van der Waals surface area contributed by atoms with Crippen LogP contribution in [0.15, 0.2) is 67.1 Å². The maximum absolute atomic E-state index is 12.8. The van der Waals surface area contributed by atoms with Crippen molar-refractivity contribution in [3.05, 3.63) is 78.4 Å². The van der Waals surface area contributed by atoms with Gasteiger partial charge in [-0.15, -0.1) is 0 Å². The summed E-state index contributed by atoms with van der Waals surface area (Å²) < 4.78 is 0. The molecule has 6 heteroatoms. The van der Waals surface area contributed by atoms with Crippen molar-refractivity contribution in [2.45, 2.75) is 19.5 Å². The predicted octanol–water partition coefficient (Wildman–Crippen LogP) is 3.60. The normalized spacial score (nSPS) is 11.7. The van der Waals surface area contributed by atoms with E-state index in [4.69, 9.17) is 0 Å². The molecule has 0 aliphatic carbocycles. The molecule has 1 atom stereocenters. The lowest BCUT2D eigenvalue weighted by Gasteiger charge is -2.29. The molecule has 2 amide bonds. The number of carbonyl (C=O) groups is 1. The number of aromatic nitrogens is 3. The van der Waals surface area contributed by atoms with Crippen LogP contribution >= 0.6 is 0 Å². The summed E-state index contributed by atoms with van der Waals surface area (Å²) in [5.74, 6) is 0. The highest BCUT2D eigenvalue weighted by Crippen LogP contribution is 2.22. The van der Waals surface area contributed by atoms with Gasteiger partial charge in [0.25, 0.3) is 0 Å². The molecule has 122 valence electrons. The second-order valence-corrected chi connectivity index (χ2v) is 5.46. The van der Waals surface area contributed by atoms with E-state index < -0.39 is 0 Å². The SMILES string of the molecule is C[C@H](c1ccccn1)N(Cc1ccccc1)C(=O)Nc1cn[nH]c1. The Kier molecular flexibility index (Phi) is 4.86. The number of aromatic amines is 1. The number of benzene rings is 1. The zero-order valence-corrected chi connectivity index (χ0v) is 13.4. The lowest BCUT2D eigenvalue weighted by atomic mass is 10.1. The molecule has 0 unspecified atom stereocenters. The number of amides is 2. The number of nitrogens with one attached hydrogen (secondary N) is 2. The fourth-order valence-electron chi connectivity index (χ4n) is 2.46. The van der Waals surface area contributed by atoms with Crippen molar-refractivity contribution in [3.63, 3.8) is 0 Å². The van der Waals surface area contributed by atoms with Gasteiger partial charge in [-0.2, -0.15) is 5.10 Å². The van der Waals surface area contributed by atoms with E-state index in [1.807, 2.05) is 55.5 Å². The van der Waals surface area contributed by atoms with Crippen molar-refractivity contribution in [2.24, 2.45) is 0 Å². The Morgan fingerprint density at radius 2 is 2.00 bits per heavy atom. The van der Waals surface area contributed by atoms with Gasteiger partial charge in [-0.25, -0.2) is 4.79 Å². The molecule has 24 heavy (non-hydrogen) atoms. The lowest BCUT2D eigenvalue weighted by molar-refractivity contribution is 0.188. The van der Waals surface area contributed by atoms with E-state index in [0.29, 0.717) is 12.2 Å². The Bertz CT molecular complexity index is 759. The van der Waals surface area contributed by atoms with Gasteiger partial charge in [0.05, 0.1) is 23.6 Å². The van der Waals surface area contributed by atoms with Crippen LogP contribution in [0.3, 0.4) is 0 Å². The van der Waals surface area contributed by atoms with E-state index in [0.717, 1.165) is 11.3 Å². The number of carbonyl (C=O) groups excluding carboxylic acids is 1. The first-order valence-electron chi connectivity index (χ1n) is 7.75. The summed E-state index contributed by atoms with van der Waals surface area (Å²) in [4.78, 5) is 18.9. The molecular weight excluding hydrogens is 302 g/mol. The van der Waals surface area contributed by atoms with Gasteiger partial charge in [0.2, 0.25) is 0 Å². The van der Waals surface area contributed by atoms with Crippen LogP contribution in [0.2, 0.25) is 0 Å². The Morgan fingerprint density at radius 3 is 2.67 bits per heavy atom. The average Bonchev–Trinajstić information content (AvgIpc) is 3.13. The first kappa shape index (κ1) is 15.7. The van der Waals surface area contributed by atoms with Crippen molar-refractivity contribution < 1.29 is 4.79 Å². The van der Waals surface area contributed by atoms with Gasteiger partial charge in [-0.1, -0.05) is 36.4 Å². The second-order valence-electron chi connectivity index (χ2n) is 5.46. The molecule has 2 aromatic heterocycles. The Hall–Kier alpha value is -3.15. The minimum atomic E-state index is -0.196. The smallest absolute Gasteiger partial charge is 0.312 e. The zero-order valence-electron chi connectivity index (χ0n) is 13.4. The van der Waals surface area contributed by atoms with Crippen molar-refractivity contribution >= 4 is 11.7 Å². The lowest BCUT2D eigenvalue weighted by Crippen LogP contribution is -2.36. The van der Waals surface area contributed by atoms with Crippen LogP contribution in [0.25, 0.3) is 0 Å². The molecule has 3 aromatic rings. The fourth-order valence-corrected chi connectivity index (χ4v) is 2.46. The molecule has 2 heterocycles. The van der Waals surface area contributed by atoms with E-state index in [-0.39, 0.29) is 12.1 Å². The largest absolute Gasteiger partial charge is 0.322 e. The molecule has 6 nitrogen and oxygen atoms in total. The first-order valence-corrected chi connectivity index (χ1v) is 7.75. The van der Waals surface area contributed by atoms with Gasteiger partial charge in [0, 0.05) is 18.9 Å². The van der Waals surface area contributed by atoms with Crippen LogP contribution in [-0.4, -0.2) is 26.1 Å². The van der Waals surface area contributed by atoms with E-state index in [1.165, 1.54) is 0 Å². The quantitative estimate of drug-likeness (QED) is 0.754. The van der Waals surface area contributed by atoms with E-state index in [2.05, 4.69) is 20.5 Å². The summed E-state index contributed by atoms with van der Waals surface area (Å²) in [7, 11) is 0. The molecule has 2 N–H and O–H groups in total. The van der Waals surface area contributed by atoms with Crippen LogP contribution in [0, 0.1) is 0 Å². The fraction of sp³-hybridized carbons (Fsp3) is 0.167. The summed E-state index contributed by atoms with van der Waals surface area (Å²) >= 11 is 0. The van der Waals surface area contributed by atoms with Gasteiger partial charge in [-0.05, 0) is 24.6 Å². The summed E-state index contributed by atoms with van der Waals surface area (Å²) in [5.41, 5.74) is 2.53.